The smallest absolute Gasteiger partial charge is 0.240 e. The third kappa shape index (κ3) is 3.55. The van der Waals surface area contributed by atoms with E-state index >= 15 is 0 Å². The normalized spacial score (nSPS) is 15.1. The molecule has 128 valence electrons. The van der Waals surface area contributed by atoms with E-state index < -0.39 is 10.0 Å². The summed E-state index contributed by atoms with van der Waals surface area (Å²) in [5, 5.41) is 0. The Morgan fingerprint density at radius 1 is 1.08 bits per heavy atom. The van der Waals surface area contributed by atoms with Crippen molar-refractivity contribution in [2.24, 2.45) is 0 Å². The number of benzene rings is 2. The molecule has 5 nitrogen and oxygen atoms in total. The Morgan fingerprint density at radius 2 is 1.79 bits per heavy atom. The number of ether oxygens (including phenoxy) is 2. The minimum absolute atomic E-state index is 0.0817. The number of nitrogens with one attached hydrogen (secondary N) is 1. The molecule has 0 saturated heterocycles. The molecule has 3 rings (SSSR count). The van der Waals surface area contributed by atoms with Crippen LogP contribution in [-0.4, -0.2) is 28.2 Å². The third-order valence-electron chi connectivity index (χ3n) is 4.12. The Hall–Kier alpha value is -2.05. The molecule has 0 aromatic heterocycles. The second-order valence-electron chi connectivity index (χ2n) is 5.91. The van der Waals surface area contributed by atoms with E-state index in [1.54, 1.807) is 6.07 Å². The highest BCUT2D eigenvalue weighted by Crippen LogP contribution is 2.32. The Kier molecular flexibility index (Phi) is 4.78. The lowest BCUT2D eigenvalue weighted by Crippen LogP contribution is -2.28. The van der Waals surface area contributed by atoms with Gasteiger partial charge in [-0.1, -0.05) is 31.2 Å². The van der Waals surface area contributed by atoms with Crippen molar-refractivity contribution in [1.82, 2.24) is 4.72 Å². The van der Waals surface area contributed by atoms with Crippen molar-refractivity contribution in [3.8, 4) is 11.5 Å². The number of aryl methyl sites for hydroxylation is 1. The van der Waals surface area contributed by atoms with Crippen LogP contribution in [0.2, 0.25) is 0 Å². The predicted octanol–water partition coefficient (Wildman–Crippen LogP) is 2.85. The van der Waals surface area contributed by atoms with Crippen molar-refractivity contribution in [3.63, 3.8) is 0 Å². The SMILES string of the molecule is Cc1ccccc1[C@@H](C)CNS(=O)(=O)c1ccc2c(c1)OCCO2. The van der Waals surface area contributed by atoms with Gasteiger partial charge in [0.25, 0.3) is 0 Å². The average molecular weight is 347 g/mol. The standard InChI is InChI=1S/C18H21NO4S/c1-13-5-3-4-6-16(13)14(2)12-19-24(20,21)15-7-8-17-18(11-15)23-10-9-22-17/h3-8,11,14,19H,9-10,12H2,1-2H3/t14-/m0/s1. The molecule has 2 aromatic rings. The first-order chi connectivity index (χ1) is 11.5. The van der Waals surface area contributed by atoms with Crippen LogP contribution in [0, 0.1) is 6.92 Å². The Balaban J connectivity index is 1.73. The van der Waals surface area contributed by atoms with E-state index in [4.69, 9.17) is 9.47 Å². The summed E-state index contributed by atoms with van der Waals surface area (Å²) in [6.07, 6.45) is 0. The molecular weight excluding hydrogens is 326 g/mol. The Labute approximate surface area is 142 Å². The zero-order valence-corrected chi connectivity index (χ0v) is 14.6. The number of hydrogen-bond donors (Lipinski definition) is 1. The van der Waals surface area contributed by atoms with E-state index in [9.17, 15) is 8.42 Å². The summed E-state index contributed by atoms with van der Waals surface area (Å²) < 4.78 is 38.6. The largest absolute Gasteiger partial charge is 0.486 e. The second kappa shape index (κ2) is 6.83. The highest BCUT2D eigenvalue weighted by atomic mass is 32.2. The Morgan fingerprint density at radius 3 is 2.54 bits per heavy atom. The summed E-state index contributed by atoms with van der Waals surface area (Å²) in [6.45, 7) is 5.27. The molecular formula is C18H21NO4S. The summed E-state index contributed by atoms with van der Waals surface area (Å²) in [7, 11) is -3.60. The van der Waals surface area contributed by atoms with Crippen molar-refractivity contribution in [3.05, 3.63) is 53.6 Å². The van der Waals surface area contributed by atoms with E-state index in [2.05, 4.69) is 4.72 Å². The maximum absolute atomic E-state index is 12.5. The highest BCUT2D eigenvalue weighted by Gasteiger charge is 2.20. The summed E-state index contributed by atoms with van der Waals surface area (Å²) in [6, 6.07) is 12.7. The maximum atomic E-state index is 12.5. The first-order valence-corrected chi connectivity index (χ1v) is 9.40. The van der Waals surface area contributed by atoms with Gasteiger partial charge in [0.05, 0.1) is 4.90 Å². The van der Waals surface area contributed by atoms with Gasteiger partial charge in [-0.3, -0.25) is 0 Å². The monoisotopic (exact) mass is 347 g/mol. The second-order valence-corrected chi connectivity index (χ2v) is 7.68. The molecule has 0 amide bonds. The molecule has 1 aliphatic heterocycles. The lowest BCUT2D eigenvalue weighted by atomic mass is 9.97. The van der Waals surface area contributed by atoms with Gasteiger partial charge >= 0.3 is 0 Å². The van der Waals surface area contributed by atoms with Crippen LogP contribution in [0.25, 0.3) is 0 Å². The minimum Gasteiger partial charge on any atom is -0.486 e. The quantitative estimate of drug-likeness (QED) is 0.903. The van der Waals surface area contributed by atoms with Crippen LogP contribution in [0.1, 0.15) is 24.0 Å². The van der Waals surface area contributed by atoms with Crippen molar-refractivity contribution < 1.29 is 17.9 Å². The molecule has 0 bridgehead atoms. The lowest BCUT2D eigenvalue weighted by molar-refractivity contribution is 0.171. The fourth-order valence-electron chi connectivity index (χ4n) is 2.76. The van der Waals surface area contributed by atoms with Gasteiger partial charge in [-0.15, -0.1) is 0 Å². The lowest BCUT2D eigenvalue weighted by Gasteiger charge is -2.19. The van der Waals surface area contributed by atoms with Crippen LogP contribution in [-0.2, 0) is 10.0 Å². The number of fused-ring (bicyclic) bond motifs is 1. The highest BCUT2D eigenvalue weighted by molar-refractivity contribution is 7.89. The van der Waals surface area contributed by atoms with Gasteiger partial charge in [-0.2, -0.15) is 0 Å². The van der Waals surface area contributed by atoms with Gasteiger partial charge in [0.2, 0.25) is 10.0 Å². The van der Waals surface area contributed by atoms with E-state index in [-0.39, 0.29) is 10.8 Å². The minimum atomic E-state index is -3.60. The maximum Gasteiger partial charge on any atom is 0.240 e. The van der Waals surface area contributed by atoms with Crippen molar-refractivity contribution in [2.45, 2.75) is 24.7 Å². The summed E-state index contributed by atoms with van der Waals surface area (Å²) in [5.74, 6) is 1.13. The van der Waals surface area contributed by atoms with Gasteiger partial charge in [-0.25, -0.2) is 13.1 Å². The van der Waals surface area contributed by atoms with Crippen LogP contribution >= 0.6 is 0 Å². The first kappa shape index (κ1) is 16.8. The van der Waals surface area contributed by atoms with Crippen molar-refractivity contribution >= 4 is 10.0 Å². The van der Waals surface area contributed by atoms with Crippen molar-refractivity contribution in [2.75, 3.05) is 19.8 Å². The number of rotatable bonds is 5. The molecule has 1 aliphatic rings. The molecule has 6 heteroatoms. The van der Waals surface area contributed by atoms with Crippen LogP contribution in [0.3, 0.4) is 0 Å². The summed E-state index contributed by atoms with van der Waals surface area (Å²) in [4.78, 5) is 0.184. The predicted molar refractivity (Wildman–Crippen MR) is 92.2 cm³/mol. The van der Waals surface area contributed by atoms with Gasteiger partial charge in [0, 0.05) is 12.6 Å². The Bertz CT molecular complexity index is 833. The third-order valence-corrected chi connectivity index (χ3v) is 5.54. The topological polar surface area (TPSA) is 64.6 Å². The number of hydrogen-bond acceptors (Lipinski definition) is 4. The molecule has 0 aliphatic carbocycles. The average Bonchev–Trinajstić information content (AvgIpc) is 2.60. The van der Waals surface area contributed by atoms with E-state index in [0.29, 0.717) is 31.3 Å². The summed E-state index contributed by atoms with van der Waals surface area (Å²) in [5.41, 5.74) is 2.30. The molecule has 1 atom stereocenters. The van der Waals surface area contributed by atoms with Crippen LogP contribution in [0.5, 0.6) is 11.5 Å². The summed E-state index contributed by atoms with van der Waals surface area (Å²) >= 11 is 0. The fraction of sp³-hybridized carbons (Fsp3) is 0.333. The zero-order chi connectivity index (χ0) is 17.2. The van der Waals surface area contributed by atoms with Gasteiger partial charge in [0.15, 0.2) is 11.5 Å². The van der Waals surface area contributed by atoms with Gasteiger partial charge < -0.3 is 9.47 Å². The van der Waals surface area contributed by atoms with Crippen molar-refractivity contribution in [1.29, 1.82) is 0 Å². The molecule has 24 heavy (non-hydrogen) atoms. The van der Waals surface area contributed by atoms with E-state index in [0.717, 1.165) is 11.1 Å². The van der Waals surface area contributed by atoms with Crippen LogP contribution in [0.15, 0.2) is 47.4 Å². The molecule has 0 spiro atoms. The molecule has 1 N–H and O–H groups in total. The molecule has 0 unspecified atom stereocenters. The van der Waals surface area contributed by atoms with Gasteiger partial charge in [-0.05, 0) is 36.1 Å². The molecule has 0 radical (unpaired) electrons. The molecule has 0 fully saturated rings. The molecule has 0 saturated carbocycles. The van der Waals surface area contributed by atoms with Crippen LogP contribution in [0.4, 0.5) is 0 Å². The van der Waals surface area contributed by atoms with E-state index in [1.807, 2.05) is 38.1 Å². The van der Waals surface area contributed by atoms with Crippen LogP contribution < -0.4 is 14.2 Å². The van der Waals surface area contributed by atoms with Gasteiger partial charge in [0.1, 0.15) is 13.2 Å². The first-order valence-electron chi connectivity index (χ1n) is 7.92. The molecule has 1 heterocycles. The zero-order valence-electron chi connectivity index (χ0n) is 13.8. The fourth-order valence-corrected chi connectivity index (χ4v) is 3.90. The van der Waals surface area contributed by atoms with E-state index in [1.165, 1.54) is 12.1 Å². The molecule has 2 aromatic carbocycles. The number of sulfonamides is 1.